The summed E-state index contributed by atoms with van der Waals surface area (Å²) in [7, 11) is 0. The average molecular weight is 1170 g/mol. The predicted molar refractivity (Wildman–Crippen MR) is 378 cm³/mol. The quantitative estimate of drug-likeness (QED) is 0.172. The van der Waals surface area contributed by atoms with Gasteiger partial charge in [-0.05, 0) is 129 Å². The van der Waals surface area contributed by atoms with E-state index in [0.717, 1.165) is 139 Å². The molecule has 0 spiro atoms. The number of hydrogen-bond acceptors (Lipinski definition) is 4. The van der Waals surface area contributed by atoms with Crippen molar-refractivity contribution in [1.29, 1.82) is 0 Å². The van der Waals surface area contributed by atoms with Crippen LogP contribution in [-0.2, 0) is 6.42 Å². The van der Waals surface area contributed by atoms with E-state index in [-0.39, 0.29) is 0 Å². The molecule has 0 atom stereocenters. The molecule has 0 amide bonds. The molecule has 0 fully saturated rings. The zero-order valence-corrected chi connectivity index (χ0v) is 49.7. The summed E-state index contributed by atoms with van der Waals surface area (Å²) in [5.74, 6) is 0. The van der Waals surface area contributed by atoms with Gasteiger partial charge in [0, 0.05) is 65.0 Å². The molecule has 0 saturated heterocycles. The van der Waals surface area contributed by atoms with Crippen LogP contribution in [0.2, 0.25) is 0 Å². The standard InChI is InChI=1S/C42H25NO2.C25H16O2.C19H14/c1-2-10-26(11-3-1)27-20-22-31-30-12-4-6-17-36(30)43(38(31)25-27)37-18-9-16-34-35-24-28(21-23-40(35)45-42(34)37)29-14-8-15-33-32-13-5-7-19-39(32)44-41(29)33;1-15-6-4-9-20-21-14-16(12-13-23(21)26-24(15)20)17-8-5-10-19-18-7-2-3-11-22(18)27-25(17)19;1-2-6-14(7-3-1)15-10-11-19-17(12-15)13-16-8-4-5-9-18(16)19/h1-25H;2-14H,1H3;1-12H,13H2. The van der Waals surface area contributed by atoms with Crippen molar-refractivity contribution >= 4 is 110 Å². The minimum atomic E-state index is 0.865. The Kier molecular flexibility index (Phi) is 12.1. The number of aryl methyl sites for hydroxylation is 1. The van der Waals surface area contributed by atoms with Gasteiger partial charge in [0.15, 0.2) is 5.58 Å². The molecule has 19 aromatic rings. The second-order valence-corrected chi connectivity index (χ2v) is 23.8. The maximum absolute atomic E-state index is 6.70. The molecule has 0 bridgehead atoms. The molecular weight excluding hydrogens is 1110 g/mol. The third-order valence-corrected chi connectivity index (χ3v) is 18.5. The topological polar surface area (TPSA) is 57.5 Å². The van der Waals surface area contributed by atoms with Gasteiger partial charge in [-0.15, -0.1) is 0 Å². The number of nitrogens with zero attached hydrogens (tertiary/aromatic N) is 1. The molecule has 0 N–H and O–H groups in total. The molecule has 0 aliphatic heterocycles. The summed E-state index contributed by atoms with van der Waals surface area (Å²) in [4.78, 5) is 0. The largest absolute Gasteiger partial charge is 0.456 e. The molecule has 5 nitrogen and oxygen atoms in total. The number of rotatable bonds is 5. The molecule has 5 heterocycles. The minimum absolute atomic E-state index is 0.865. The first-order chi connectivity index (χ1) is 45.0. The van der Waals surface area contributed by atoms with Gasteiger partial charge >= 0.3 is 0 Å². The molecule has 14 aromatic carbocycles. The van der Waals surface area contributed by atoms with Crippen LogP contribution < -0.4 is 0 Å². The molecule has 5 heteroatoms. The van der Waals surface area contributed by atoms with Crippen molar-refractivity contribution in [2.45, 2.75) is 13.3 Å². The smallest absolute Gasteiger partial charge is 0.159 e. The van der Waals surface area contributed by atoms with E-state index in [1.54, 1.807) is 0 Å². The van der Waals surface area contributed by atoms with Gasteiger partial charge in [0.05, 0.1) is 16.7 Å². The number of fused-ring (bicyclic) bond motifs is 18. The van der Waals surface area contributed by atoms with Crippen molar-refractivity contribution in [3.63, 3.8) is 0 Å². The summed E-state index contributed by atoms with van der Waals surface area (Å²) < 4.78 is 27.7. The Balaban J connectivity index is 0.000000113. The van der Waals surface area contributed by atoms with Gasteiger partial charge in [-0.3, -0.25) is 0 Å². The Hall–Kier alpha value is -11.9. The predicted octanol–water partition coefficient (Wildman–Crippen LogP) is 24.3. The van der Waals surface area contributed by atoms with Gasteiger partial charge in [0.1, 0.15) is 39.1 Å². The fourth-order valence-electron chi connectivity index (χ4n) is 14.2. The molecule has 0 radical (unpaired) electrons. The lowest BCUT2D eigenvalue weighted by atomic mass is 9.99. The van der Waals surface area contributed by atoms with Crippen LogP contribution in [0.15, 0.2) is 321 Å². The van der Waals surface area contributed by atoms with Crippen LogP contribution in [0.5, 0.6) is 0 Å². The number of benzene rings is 14. The number of para-hydroxylation sites is 7. The summed E-state index contributed by atoms with van der Waals surface area (Å²) in [5.41, 5.74) is 26.9. The molecule has 0 saturated carbocycles. The second-order valence-electron chi connectivity index (χ2n) is 23.8. The highest BCUT2D eigenvalue weighted by molar-refractivity contribution is 6.16. The first-order valence-electron chi connectivity index (χ1n) is 31.1. The van der Waals surface area contributed by atoms with Crippen molar-refractivity contribution < 1.29 is 17.7 Å². The Morgan fingerprint density at radius 3 is 1.34 bits per heavy atom. The lowest BCUT2D eigenvalue weighted by molar-refractivity contribution is 0.665. The molecule has 20 rings (SSSR count). The lowest BCUT2D eigenvalue weighted by Crippen LogP contribution is -1.94. The fourth-order valence-corrected chi connectivity index (χ4v) is 14.2. The van der Waals surface area contributed by atoms with Gasteiger partial charge < -0.3 is 22.2 Å². The third-order valence-electron chi connectivity index (χ3n) is 18.5. The highest BCUT2D eigenvalue weighted by Crippen LogP contribution is 2.44. The van der Waals surface area contributed by atoms with Crippen molar-refractivity contribution in [2.75, 3.05) is 0 Å². The zero-order valence-electron chi connectivity index (χ0n) is 49.7. The van der Waals surface area contributed by atoms with Gasteiger partial charge in [0.25, 0.3) is 0 Å². The Bertz CT molecular complexity index is 6070. The van der Waals surface area contributed by atoms with Crippen molar-refractivity contribution in [1.82, 2.24) is 4.57 Å². The highest BCUT2D eigenvalue weighted by atomic mass is 16.3. The van der Waals surface area contributed by atoms with E-state index in [0.29, 0.717) is 0 Å². The van der Waals surface area contributed by atoms with Crippen LogP contribution in [-0.4, -0.2) is 4.57 Å². The normalized spacial score (nSPS) is 12.0. The monoisotopic (exact) mass is 1170 g/mol. The average Bonchev–Trinajstić information content (AvgIpc) is 1.65. The molecule has 91 heavy (non-hydrogen) atoms. The Morgan fingerprint density at radius 1 is 0.242 bits per heavy atom. The van der Waals surface area contributed by atoms with Crippen LogP contribution in [0.1, 0.15) is 16.7 Å². The van der Waals surface area contributed by atoms with E-state index in [4.69, 9.17) is 17.7 Å². The van der Waals surface area contributed by atoms with Crippen LogP contribution in [0, 0.1) is 6.92 Å². The van der Waals surface area contributed by atoms with Gasteiger partial charge in [-0.25, -0.2) is 0 Å². The van der Waals surface area contributed by atoms with Gasteiger partial charge in [0.2, 0.25) is 0 Å². The number of furan rings is 4. The van der Waals surface area contributed by atoms with Gasteiger partial charge in [-0.2, -0.15) is 0 Å². The molecule has 0 unspecified atom stereocenters. The van der Waals surface area contributed by atoms with E-state index >= 15 is 0 Å². The highest BCUT2D eigenvalue weighted by Gasteiger charge is 2.22. The molecule has 1 aliphatic rings. The zero-order chi connectivity index (χ0) is 60.1. The van der Waals surface area contributed by atoms with E-state index in [9.17, 15) is 0 Å². The fraction of sp³-hybridized carbons (Fsp3) is 0.0233. The summed E-state index contributed by atoms with van der Waals surface area (Å²) in [5, 5.41) is 11.5. The molecule has 1 aliphatic carbocycles. The summed E-state index contributed by atoms with van der Waals surface area (Å²) >= 11 is 0. The van der Waals surface area contributed by atoms with Crippen molar-refractivity contribution in [3.8, 4) is 61.3 Å². The third kappa shape index (κ3) is 8.69. The summed E-state index contributed by atoms with van der Waals surface area (Å²) in [6, 6.07) is 107. The van der Waals surface area contributed by atoms with E-state index in [1.807, 2.05) is 24.3 Å². The van der Waals surface area contributed by atoms with E-state index in [2.05, 4.69) is 291 Å². The Morgan fingerprint density at radius 2 is 0.681 bits per heavy atom. The number of hydrogen-bond donors (Lipinski definition) is 0. The van der Waals surface area contributed by atoms with Crippen LogP contribution in [0.25, 0.3) is 171 Å². The van der Waals surface area contributed by atoms with E-state index < -0.39 is 0 Å². The second kappa shape index (κ2) is 21.2. The first-order valence-corrected chi connectivity index (χ1v) is 31.1. The van der Waals surface area contributed by atoms with Crippen LogP contribution >= 0.6 is 0 Å². The molecule has 428 valence electrons. The van der Waals surface area contributed by atoms with Crippen molar-refractivity contribution in [3.05, 3.63) is 320 Å². The molecule has 5 aromatic heterocycles. The van der Waals surface area contributed by atoms with Gasteiger partial charge in [-0.1, -0.05) is 249 Å². The SMILES string of the molecule is Cc1cccc2c1oc1ccc(-c3cccc4c3oc3ccccc34)cc12.c1ccc(-c2ccc3c(c2)Cc2ccccc2-3)cc1.c1ccc(-c2ccc3c4ccccc4n(-c4cccc5c4oc4ccc(-c6cccc7c6oc6ccccc67)cc45)c3c2)cc1. The van der Waals surface area contributed by atoms with Crippen LogP contribution in [0.3, 0.4) is 0 Å². The molecular formula is C86H55NO4. The summed E-state index contributed by atoms with van der Waals surface area (Å²) in [6.07, 6.45) is 1.06. The van der Waals surface area contributed by atoms with Crippen molar-refractivity contribution in [2.24, 2.45) is 0 Å². The Labute approximate surface area is 523 Å². The number of aromatic nitrogens is 1. The lowest BCUT2D eigenvalue weighted by Gasteiger charge is -2.09. The first kappa shape index (κ1) is 52.2. The minimum Gasteiger partial charge on any atom is -0.456 e. The van der Waals surface area contributed by atoms with Crippen LogP contribution in [0.4, 0.5) is 0 Å². The summed E-state index contributed by atoms with van der Waals surface area (Å²) in [6.45, 7) is 2.08. The van der Waals surface area contributed by atoms with E-state index in [1.165, 1.54) is 55.3 Å². The maximum Gasteiger partial charge on any atom is 0.159 e. The maximum atomic E-state index is 6.70.